The van der Waals surface area contributed by atoms with E-state index in [4.69, 9.17) is 21.9 Å². The largest absolute Gasteiger partial charge is 0.655 e. The molecule has 4 unspecified atom stereocenters. The molecule has 0 spiro atoms. The van der Waals surface area contributed by atoms with E-state index in [-0.39, 0.29) is 5.41 Å². The fourth-order valence-corrected chi connectivity index (χ4v) is 17.6. The van der Waals surface area contributed by atoms with Crippen LogP contribution in [0.2, 0.25) is 0 Å². The molecule has 1 aromatic carbocycles. The van der Waals surface area contributed by atoms with Crippen LogP contribution in [-0.2, 0) is 5.41 Å². The van der Waals surface area contributed by atoms with Crippen molar-refractivity contribution >= 4 is 63.0 Å². The maximum Gasteiger partial charge on any atom is 0.655 e. The SMILES string of the molecule is C#Cc1ccc2c(c1)-c1c3[p+](c4cc[p+]5cc(C(C)(C)C)c[p+]6ccc1c4c65)-c1cc(C#C)cc[p+]1OB3O2. The summed E-state index contributed by atoms with van der Waals surface area (Å²) in [5.74, 6) is 18.8. The lowest BCUT2D eigenvalue weighted by Crippen LogP contribution is -2.46. The lowest BCUT2D eigenvalue weighted by atomic mass is 9.78. The molecule has 182 valence electrons. The molecule has 8 rings (SSSR count). The van der Waals surface area contributed by atoms with Gasteiger partial charge in [-0.2, -0.15) is 4.44 Å². The summed E-state index contributed by atoms with van der Waals surface area (Å²) in [4.78, 5) is 1.62. The number of terminal acetylenes is 2. The van der Waals surface area contributed by atoms with E-state index in [1.807, 2.05) is 18.2 Å². The van der Waals surface area contributed by atoms with Crippen molar-refractivity contribution in [2.75, 3.05) is 0 Å². The molecule has 0 radical (unpaired) electrons. The highest BCUT2D eigenvalue weighted by Crippen LogP contribution is 2.63. The van der Waals surface area contributed by atoms with Gasteiger partial charge >= 0.3 is 24.8 Å². The van der Waals surface area contributed by atoms with Crippen LogP contribution in [0.4, 0.5) is 0 Å². The quantitative estimate of drug-likeness (QED) is 0.102. The van der Waals surface area contributed by atoms with E-state index in [0.717, 1.165) is 22.4 Å². The molecule has 6 aromatic rings. The molecule has 0 amide bonds. The smallest absolute Gasteiger partial charge is 0.527 e. The molecule has 2 aliphatic heterocycles. The first kappa shape index (κ1) is 23.9. The van der Waals surface area contributed by atoms with Crippen molar-refractivity contribution in [1.29, 1.82) is 0 Å². The second kappa shape index (κ2) is 8.27. The van der Waals surface area contributed by atoms with Crippen LogP contribution in [0.25, 0.3) is 36.9 Å². The Labute approximate surface area is 232 Å². The summed E-state index contributed by atoms with van der Waals surface area (Å²) in [5, 5.41) is 6.77. The van der Waals surface area contributed by atoms with E-state index in [2.05, 4.69) is 85.9 Å². The van der Waals surface area contributed by atoms with E-state index < -0.39 is 37.1 Å². The number of hydrogen-bond donors (Lipinski definition) is 0. The zero-order valence-electron chi connectivity index (χ0n) is 21.8. The molecule has 0 fully saturated rings. The van der Waals surface area contributed by atoms with E-state index in [1.165, 1.54) is 37.2 Å². The molecule has 0 aliphatic carbocycles. The van der Waals surface area contributed by atoms with Crippen molar-refractivity contribution < 1.29 is 9.10 Å². The highest BCUT2D eigenvalue weighted by atomic mass is 31.1. The minimum atomic E-state index is -0.945. The molecule has 4 atom stereocenters. The second-order valence-corrected chi connectivity index (χ2v) is 19.3. The van der Waals surface area contributed by atoms with Crippen molar-refractivity contribution in [3.8, 4) is 46.6 Å². The Bertz CT molecular complexity index is 2010. The van der Waals surface area contributed by atoms with Gasteiger partial charge in [-0.3, -0.25) is 0 Å². The van der Waals surface area contributed by atoms with Crippen molar-refractivity contribution in [3.63, 3.8) is 0 Å². The third-order valence-corrected chi connectivity index (χ3v) is 17.7. The predicted octanol–water partition coefficient (Wildman–Crippen LogP) is 9.70. The highest BCUT2D eigenvalue weighted by Gasteiger charge is 2.56. The second-order valence-electron chi connectivity index (χ2n) is 11.2. The van der Waals surface area contributed by atoms with Gasteiger partial charge in [0.25, 0.3) is 0 Å². The van der Waals surface area contributed by atoms with Crippen LogP contribution in [-0.4, -0.2) is 7.12 Å². The van der Waals surface area contributed by atoms with Crippen molar-refractivity contribution in [2.24, 2.45) is 0 Å². The van der Waals surface area contributed by atoms with Crippen LogP contribution in [0.15, 0.2) is 71.5 Å². The number of fused-ring (bicyclic) bond motifs is 6. The molecule has 0 saturated heterocycles. The number of benzene rings is 1. The molecular formula is C32H23BO2P4+4. The van der Waals surface area contributed by atoms with Crippen LogP contribution in [0, 0.1) is 24.7 Å². The zero-order valence-corrected chi connectivity index (χ0v) is 25.3. The lowest BCUT2D eigenvalue weighted by molar-refractivity contribution is 0.496. The van der Waals surface area contributed by atoms with Crippen molar-refractivity contribution in [1.82, 2.24) is 0 Å². The van der Waals surface area contributed by atoms with Crippen LogP contribution < -0.4 is 14.3 Å². The standard InChI is InChI=1S/C32H23BO2P4/c1-6-20-8-9-25-24(16-20)28-23-11-13-36-18-22(32(3,4)5)19-37-14-12-26(29(23)31(36)37)39-27-17-21(7-2)10-15-38(27)35-33(34-25)30(28)39/h1-2,8-19H,3-5H3/q+4. The van der Waals surface area contributed by atoms with E-state index >= 15 is 0 Å². The summed E-state index contributed by atoms with van der Waals surface area (Å²) in [5.41, 5.74) is 5.72. The summed E-state index contributed by atoms with van der Waals surface area (Å²) in [6, 6.07) is 15.2. The molecule has 0 N–H and O–H groups in total. The molecule has 7 heteroatoms. The maximum absolute atomic E-state index is 6.71. The van der Waals surface area contributed by atoms with Gasteiger partial charge in [-0.05, 0) is 35.7 Å². The van der Waals surface area contributed by atoms with Gasteiger partial charge in [0, 0.05) is 39.3 Å². The predicted molar refractivity (Wildman–Crippen MR) is 173 cm³/mol. The minimum Gasteiger partial charge on any atom is -0.527 e. The van der Waals surface area contributed by atoms with Gasteiger partial charge in [0.15, 0.2) is 10.3 Å². The summed E-state index contributed by atoms with van der Waals surface area (Å²) in [6.45, 7) is 6.97. The van der Waals surface area contributed by atoms with Gasteiger partial charge in [-0.25, -0.2) is 0 Å². The van der Waals surface area contributed by atoms with Gasteiger partial charge in [-0.1, -0.05) is 32.6 Å². The minimum absolute atomic E-state index is 0.138. The van der Waals surface area contributed by atoms with Crippen molar-refractivity contribution in [3.05, 3.63) is 88.1 Å². The fourth-order valence-electron chi connectivity index (χ4n) is 5.91. The molecule has 2 aliphatic rings. The van der Waals surface area contributed by atoms with Gasteiger partial charge in [0.1, 0.15) is 40.1 Å². The zero-order chi connectivity index (χ0) is 26.6. The Kier molecular flexibility index (Phi) is 5.06. The van der Waals surface area contributed by atoms with Crippen LogP contribution in [0.3, 0.4) is 0 Å². The third-order valence-electron chi connectivity index (χ3n) is 7.84. The Balaban J connectivity index is 1.61. The third kappa shape index (κ3) is 3.33. The topological polar surface area (TPSA) is 18.5 Å². The maximum atomic E-state index is 6.71. The lowest BCUT2D eigenvalue weighted by Gasteiger charge is -2.24. The number of rotatable bonds is 0. The van der Waals surface area contributed by atoms with Crippen molar-refractivity contribution in [2.45, 2.75) is 26.2 Å². The average molecular weight is 574 g/mol. The summed E-state index contributed by atoms with van der Waals surface area (Å²) in [7, 11) is -3.18. The first-order chi connectivity index (χ1) is 18.9. The van der Waals surface area contributed by atoms with Gasteiger partial charge in [0.05, 0.1) is 6.07 Å². The molecule has 7 heterocycles. The molecule has 39 heavy (non-hydrogen) atoms. The molecule has 0 saturated carbocycles. The van der Waals surface area contributed by atoms with Gasteiger partial charge in [-0.15, -0.1) is 12.8 Å². The number of hydrogen-bond acceptors (Lipinski definition) is 2. The summed E-state index contributed by atoms with van der Waals surface area (Å²) >= 11 is 0. The van der Waals surface area contributed by atoms with Crippen LogP contribution in [0.5, 0.6) is 5.75 Å². The van der Waals surface area contributed by atoms with Crippen LogP contribution in [0.1, 0.15) is 37.5 Å². The molecule has 0 bridgehead atoms. The summed E-state index contributed by atoms with van der Waals surface area (Å²) < 4.78 is 13.3. The Hall–Kier alpha value is -2.98. The van der Waals surface area contributed by atoms with E-state index in [1.54, 1.807) is 4.85 Å². The van der Waals surface area contributed by atoms with E-state index in [9.17, 15) is 0 Å². The van der Waals surface area contributed by atoms with Crippen LogP contribution >= 0.6 is 30.0 Å². The van der Waals surface area contributed by atoms with Gasteiger partial charge < -0.3 is 4.65 Å². The Morgan fingerprint density at radius 1 is 0.872 bits per heavy atom. The van der Waals surface area contributed by atoms with Gasteiger partial charge in [0.2, 0.25) is 22.2 Å². The monoisotopic (exact) mass is 574 g/mol. The molecular weight excluding hydrogens is 551 g/mol. The first-order valence-electron chi connectivity index (χ1n) is 12.9. The normalized spacial score (nSPS) is 15.4. The van der Waals surface area contributed by atoms with E-state index in [0.29, 0.717) is 0 Å². The Morgan fingerprint density at radius 2 is 1.62 bits per heavy atom. The molecule has 2 nitrogen and oxygen atoms in total. The highest BCUT2D eigenvalue weighted by molar-refractivity contribution is 7.80. The average Bonchev–Trinajstić information content (AvgIpc) is 2.95. The first-order valence-corrected chi connectivity index (χ1v) is 18.5. The Morgan fingerprint density at radius 3 is 2.36 bits per heavy atom. The summed E-state index contributed by atoms with van der Waals surface area (Å²) in [6.07, 6.45) is 11.7. The fraction of sp³-hybridized carbons (Fsp3) is 0.125. The molecule has 5 aromatic heterocycles.